The molecule has 0 spiro atoms. The normalized spacial score (nSPS) is 13.5. The first-order valence-electron chi connectivity index (χ1n) is 13.4. The van der Waals surface area contributed by atoms with E-state index < -0.39 is 6.10 Å². The minimum atomic E-state index is -0.416. The summed E-state index contributed by atoms with van der Waals surface area (Å²) in [6.07, 6.45) is 4.96. The van der Waals surface area contributed by atoms with Gasteiger partial charge in [-0.25, -0.2) is 9.97 Å². The second-order valence-corrected chi connectivity index (χ2v) is 10.8. The molecule has 3 aromatic carbocycles. The Bertz CT molecular complexity index is 1580. The standard InChI is InChI=1S/C33H30BrN3O2/c1-37(21-22-9-8-10-22)33(38)27-16-15-25-19-28-26(20-34)17-18-35-32(28)36-29(25)31(27)39-30(23-11-4-2-5-12-23)24-13-6-3-7-14-24/h2-7,11-19,22,30H,8-10,20-21H2,1H3. The van der Waals surface area contributed by atoms with E-state index in [0.29, 0.717) is 33.7 Å². The van der Waals surface area contributed by atoms with Crippen LogP contribution in [0.4, 0.5) is 0 Å². The number of amides is 1. The molecular formula is C33H30BrN3O2. The lowest BCUT2D eigenvalue weighted by molar-refractivity contribution is 0.0739. The lowest BCUT2D eigenvalue weighted by Gasteiger charge is -2.31. The zero-order valence-electron chi connectivity index (χ0n) is 21.9. The van der Waals surface area contributed by atoms with Gasteiger partial charge >= 0.3 is 0 Å². The Morgan fingerprint density at radius 2 is 1.69 bits per heavy atom. The summed E-state index contributed by atoms with van der Waals surface area (Å²) in [7, 11) is 1.89. The number of hydrogen-bond acceptors (Lipinski definition) is 4. The molecule has 196 valence electrons. The number of ether oxygens (including phenoxy) is 1. The number of pyridine rings is 2. The van der Waals surface area contributed by atoms with Crippen molar-refractivity contribution < 1.29 is 9.53 Å². The SMILES string of the molecule is CN(CC1CCC1)C(=O)c1ccc2cc3c(CBr)ccnc3nc2c1OC(c1ccccc1)c1ccccc1. The zero-order chi connectivity index (χ0) is 26.8. The van der Waals surface area contributed by atoms with Crippen LogP contribution in [-0.4, -0.2) is 34.4 Å². The van der Waals surface area contributed by atoms with Crippen molar-refractivity contribution >= 4 is 43.8 Å². The first-order chi connectivity index (χ1) is 19.1. The van der Waals surface area contributed by atoms with Crippen molar-refractivity contribution in [1.82, 2.24) is 14.9 Å². The van der Waals surface area contributed by atoms with E-state index >= 15 is 0 Å². The highest BCUT2D eigenvalue weighted by Crippen LogP contribution is 2.38. The van der Waals surface area contributed by atoms with Crippen molar-refractivity contribution in [3.63, 3.8) is 0 Å². The Kier molecular flexibility index (Phi) is 7.29. The lowest BCUT2D eigenvalue weighted by Crippen LogP contribution is -2.34. The van der Waals surface area contributed by atoms with Crippen LogP contribution in [0.15, 0.2) is 91.1 Å². The molecule has 0 radical (unpaired) electrons. The summed E-state index contributed by atoms with van der Waals surface area (Å²) >= 11 is 3.59. The topological polar surface area (TPSA) is 55.3 Å². The highest BCUT2D eigenvalue weighted by Gasteiger charge is 2.27. The minimum Gasteiger partial charge on any atom is -0.478 e. The minimum absolute atomic E-state index is 0.0530. The van der Waals surface area contributed by atoms with Gasteiger partial charge < -0.3 is 9.64 Å². The van der Waals surface area contributed by atoms with Gasteiger partial charge in [0.2, 0.25) is 0 Å². The molecule has 0 atom stereocenters. The summed E-state index contributed by atoms with van der Waals surface area (Å²) in [5.41, 5.74) is 4.91. The van der Waals surface area contributed by atoms with Crippen LogP contribution in [0.25, 0.3) is 21.9 Å². The first kappa shape index (κ1) is 25.5. The van der Waals surface area contributed by atoms with Gasteiger partial charge in [-0.15, -0.1) is 0 Å². The fraction of sp³-hybridized carbons (Fsp3) is 0.242. The molecule has 1 aliphatic carbocycles. The van der Waals surface area contributed by atoms with Gasteiger partial charge in [-0.3, -0.25) is 4.79 Å². The number of alkyl halides is 1. The first-order valence-corrected chi connectivity index (χ1v) is 14.5. The van der Waals surface area contributed by atoms with Crippen molar-refractivity contribution in [2.75, 3.05) is 13.6 Å². The molecule has 1 aliphatic rings. The van der Waals surface area contributed by atoms with Crippen LogP contribution in [0.2, 0.25) is 0 Å². The maximum absolute atomic E-state index is 13.9. The summed E-state index contributed by atoms with van der Waals surface area (Å²) in [4.78, 5) is 25.3. The van der Waals surface area contributed by atoms with Crippen LogP contribution in [0.5, 0.6) is 5.75 Å². The summed E-state index contributed by atoms with van der Waals surface area (Å²) in [6.45, 7) is 0.748. The van der Waals surface area contributed by atoms with Gasteiger partial charge in [0.25, 0.3) is 5.91 Å². The zero-order valence-corrected chi connectivity index (χ0v) is 23.5. The van der Waals surface area contributed by atoms with E-state index in [1.807, 2.05) is 66.5 Å². The third kappa shape index (κ3) is 5.13. The Morgan fingerprint density at radius 3 is 2.31 bits per heavy atom. The molecule has 2 aromatic heterocycles. The monoisotopic (exact) mass is 579 g/mol. The van der Waals surface area contributed by atoms with Crippen molar-refractivity contribution in [3.8, 4) is 5.75 Å². The van der Waals surface area contributed by atoms with Gasteiger partial charge in [0.15, 0.2) is 11.4 Å². The van der Waals surface area contributed by atoms with Crippen LogP contribution in [-0.2, 0) is 5.33 Å². The molecule has 6 heteroatoms. The maximum Gasteiger partial charge on any atom is 0.257 e. The molecule has 1 saturated carbocycles. The molecule has 0 saturated heterocycles. The Hall–Kier alpha value is -3.77. The van der Waals surface area contributed by atoms with Crippen molar-refractivity contribution in [1.29, 1.82) is 0 Å². The second kappa shape index (κ2) is 11.1. The molecule has 5 nitrogen and oxygen atoms in total. The van der Waals surface area contributed by atoms with Gasteiger partial charge in [0.1, 0.15) is 11.6 Å². The Morgan fingerprint density at radius 1 is 1.00 bits per heavy atom. The van der Waals surface area contributed by atoms with Gasteiger partial charge in [-0.1, -0.05) is 89.1 Å². The molecule has 1 amide bonds. The molecule has 39 heavy (non-hydrogen) atoms. The molecule has 0 N–H and O–H groups in total. The quantitative estimate of drug-likeness (QED) is 0.139. The fourth-order valence-corrected chi connectivity index (χ4v) is 5.77. The Labute approximate surface area is 237 Å². The summed E-state index contributed by atoms with van der Waals surface area (Å²) in [5.74, 6) is 1.01. The lowest BCUT2D eigenvalue weighted by atomic mass is 9.85. The maximum atomic E-state index is 13.9. The molecule has 1 fully saturated rings. The van der Waals surface area contributed by atoms with E-state index in [1.165, 1.54) is 19.3 Å². The smallest absolute Gasteiger partial charge is 0.257 e. The van der Waals surface area contributed by atoms with E-state index in [0.717, 1.165) is 34.0 Å². The third-order valence-corrected chi connectivity index (χ3v) is 8.26. The van der Waals surface area contributed by atoms with Crippen molar-refractivity contribution in [2.45, 2.75) is 30.7 Å². The summed E-state index contributed by atoms with van der Waals surface area (Å²) in [5, 5.41) is 2.59. The molecule has 0 unspecified atom stereocenters. The Balaban J connectivity index is 1.53. The number of benzene rings is 3. The summed E-state index contributed by atoms with van der Waals surface area (Å²) < 4.78 is 6.91. The summed E-state index contributed by atoms with van der Waals surface area (Å²) in [6, 6.07) is 28.2. The highest BCUT2D eigenvalue weighted by molar-refractivity contribution is 9.08. The van der Waals surface area contributed by atoms with Crippen LogP contribution in [0.1, 0.15) is 52.4 Å². The largest absolute Gasteiger partial charge is 0.478 e. The van der Waals surface area contributed by atoms with Crippen LogP contribution < -0.4 is 4.74 Å². The van der Waals surface area contributed by atoms with Crippen LogP contribution >= 0.6 is 15.9 Å². The van der Waals surface area contributed by atoms with Gasteiger partial charge in [0, 0.05) is 35.9 Å². The fourth-order valence-electron chi connectivity index (χ4n) is 5.28. The number of carbonyl (C=O) groups excluding carboxylic acids is 1. The molecular weight excluding hydrogens is 550 g/mol. The molecule has 2 heterocycles. The number of fused-ring (bicyclic) bond motifs is 2. The number of nitrogens with zero attached hydrogens (tertiary/aromatic N) is 3. The molecule has 5 aromatic rings. The van der Waals surface area contributed by atoms with Crippen LogP contribution in [0, 0.1) is 5.92 Å². The number of halogens is 1. The van der Waals surface area contributed by atoms with E-state index in [9.17, 15) is 4.79 Å². The average Bonchev–Trinajstić information content (AvgIpc) is 2.96. The van der Waals surface area contributed by atoms with Crippen molar-refractivity contribution in [3.05, 3.63) is 113 Å². The average molecular weight is 581 g/mol. The molecule has 6 rings (SSSR count). The van der Waals surface area contributed by atoms with Gasteiger partial charge in [-0.2, -0.15) is 0 Å². The second-order valence-electron chi connectivity index (χ2n) is 10.3. The predicted molar refractivity (Wildman–Crippen MR) is 159 cm³/mol. The third-order valence-electron chi connectivity index (χ3n) is 7.66. The van der Waals surface area contributed by atoms with E-state index in [2.05, 4.69) is 51.2 Å². The number of hydrogen-bond donors (Lipinski definition) is 0. The number of carbonyl (C=O) groups is 1. The van der Waals surface area contributed by atoms with Gasteiger partial charge in [-0.05, 0) is 53.6 Å². The number of rotatable bonds is 8. The van der Waals surface area contributed by atoms with Crippen molar-refractivity contribution in [2.24, 2.45) is 5.92 Å². The van der Waals surface area contributed by atoms with E-state index in [1.54, 1.807) is 6.20 Å². The van der Waals surface area contributed by atoms with E-state index in [4.69, 9.17) is 9.72 Å². The van der Waals surface area contributed by atoms with E-state index in [-0.39, 0.29) is 5.91 Å². The number of aromatic nitrogens is 2. The van der Waals surface area contributed by atoms with Crippen LogP contribution in [0.3, 0.4) is 0 Å². The predicted octanol–water partition coefficient (Wildman–Crippen LogP) is 7.72. The molecule has 0 bridgehead atoms. The molecule has 0 aliphatic heterocycles. The van der Waals surface area contributed by atoms with Gasteiger partial charge in [0.05, 0.1) is 5.56 Å². The highest BCUT2D eigenvalue weighted by atomic mass is 79.9.